The number of carbonyl (C=O) groups is 2. The molecule has 2 fully saturated rings. The van der Waals surface area contributed by atoms with Crippen LogP contribution in [0.2, 0.25) is 5.82 Å². The average Bonchev–Trinajstić information content (AvgIpc) is 3.09. The molecule has 1 aromatic rings. The Bertz CT molecular complexity index is 752. The van der Waals surface area contributed by atoms with E-state index in [0.717, 1.165) is 0 Å². The molecular weight excluding hydrogens is 350 g/mol. The summed E-state index contributed by atoms with van der Waals surface area (Å²) in [5.74, 6) is -1.42. The summed E-state index contributed by atoms with van der Waals surface area (Å²) in [5.41, 5.74) is -0.785. The van der Waals surface area contributed by atoms with Gasteiger partial charge in [0, 0.05) is 25.8 Å². The second-order valence-corrected chi connectivity index (χ2v) is 8.27. The summed E-state index contributed by atoms with van der Waals surface area (Å²) in [6, 6.07) is 4.22. The van der Waals surface area contributed by atoms with Crippen LogP contribution < -0.4 is 5.32 Å². The van der Waals surface area contributed by atoms with Gasteiger partial charge in [-0.3, -0.25) is 9.59 Å². The molecule has 2 aliphatic rings. The van der Waals surface area contributed by atoms with Crippen molar-refractivity contribution in [2.75, 3.05) is 18.4 Å². The fourth-order valence-electron chi connectivity index (χ4n) is 3.47. The Morgan fingerprint density at radius 1 is 1.22 bits per heavy atom. The summed E-state index contributed by atoms with van der Waals surface area (Å²) in [4.78, 5) is 25.9. The molecule has 1 N–H and O–H groups in total. The monoisotopic (exact) mass is 376 g/mol. The minimum atomic E-state index is -0.648. The lowest BCUT2D eigenvalue weighted by atomic mass is 9.71. The number of nitrogens with one attached hydrogen (secondary N) is 1. The Hall–Kier alpha value is -1.93. The molecule has 0 radical (unpaired) electrons. The smallest absolute Gasteiger partial charge is 0.403 e. The Labute approximate surface area is 159 Å². The fraction of sp³-hybridized carbons (Fsp3) is 0.579. The van der Waals surface area contributed by atoms with Crippen molar-refractivity contribution in [1.29, 1.82) is 0 Å². The van der Waals surface area contributed by atoms with Crippen molar-refractivity contribution in [2.45, 2.75) is 58.1 Å². The molecule has 6 nitrogen and oxygen atoms in total. The number of amides is 2. The van der Waals surface area contributed by atoms with E-state index < -0.39 is 30.0 Å². The zero-order valence-corrected chi connectivity index (χ0v) is 16.5. The molecule has 2 heterocycles. The third-order valence-electron chi connectivity index (χ3n) is 5.71. The number of hydrogen-bond acceptors (Lipinski definition) is 4. The third kappa shape index (κ3) is 3.73. The quantitative estimate of drug-likeness (QED) is 0.824. The van der Waals surface area contributed by atoms with E-state index in [1.54, 1.807) is 4.90 Å². The summed E-state index contributed by atoms with van der Waals surface area (Å²) < 4.78 is 26.5. The molecule has 0 aromatic heterocycles. The van der Waals surface area contributed by atoms with Crippen molar-refractivity contribution in [1.82, 2.24) is 4.90 Å². The first kappa shape index (κ1) is 19.8. The standard InChI is InChI=1S/C19H26BFN2O4/c1-12(24)22-15-8-6-7-14(21)16(15)17(25)23-10-9-13(11-23)20-26-18(2,3)19(4,5)27-20/h6-8,13H,9-11H2,1-5H3,(H,22,24). The summed E-state index contributed by atoms with van der Waals surface area (Å²) in [6.07, 6.45) is 0.715. The van der Waals surface area contributed by atoms with Crippen LogP contribution >= 0.6 is 0 Å². The van der Waals surface area contributed by atoms with Gasteiger partial charge < -0.3 is 19.5 Å². The van der Waals surface area contributed by atoms with Crippen LogP contribution in [0.25, 0.3) is 0 Å². The molecule has 27 heavy (non-hydrogen) atoms. The van der Waals surface area contributed by atoms with Crippen molar-refractivity contribution in [3.05, 3.63) is 29.6 Å². The molecule has 8 heteroatoms. The van der Waals surface area contributed by atoms with Gasteiger partial charge in [-0.15, -0.1) is 0 Å². The first-order chi connectivity index (χ1) is 12.5. The number of halogens is 1. The number of nitrogens with zero attached hydrogens (tertiary/aromatic N) is 1. The van der Waals surface area contributed by atoms with E-state index in [0.29, 0.717) is 19.5 Å². The molecule has 146 valence electrons. The Kier molecular flexibility index (Phi) is 5.07. The van der Waals surface area contributed by atoms with Gasteiger partial charge in [0.25, 0.3) is 5.91 Å². The molecule has 1 atom stereocenters. The molecule has 0 spiro atoms. The summed E-state index contributed by atoms with van der Waals surface area (Å²) in [5, 5.41) is 2.53. The average molecular weight is 376 g/mol. The predicted molar refractivity (Wildman–Crippen MR) is 101 cm³/mol. The molecule has 3 rings (SSSR count). The van der Waals surface area contributed by atoms with Gasteiger partial charge in [-0.25, -0.2) is 4.39 Å². The van der Waals surface area contributed by atoms with E-state index in [1.165, 1.54) is 25.1 Å². The molecule has 0 bridgehead atoms. The van der Waals surface area contributed by atoms with Crippen LogP contribution in [0.15, 0.2) is 18.2 Å². The molecule has 2 saturated heterocycles. The summed E-state index contributed by atoms with van der Waals surface area (Å²) in [7, 11) is -0.400. The summed E-state index contributed by atoms with van der Waals surface area (Å²) in [6.45, 7) is 10.2. The highest BCUT2D eigenvalue weighted by Crippen LogP contribution is 2.42. The van der Waals surface area contributed by atoms with Crippen molar-refractivity contribution >= 4 is 24.6 Å². The lowest BCUT2D eigenvalue weighted by molar-refractivity contribution is -0.114. The van der Waals surface area contributed by atoms with Gasteiger partial charge in [0.15, 0.2) is 0 Å². The summed E-state index contributed by atoms with van der Waals surface area (Å²) >= 11 is 0. The molecule has 0 aliphatic carbocycles. The number of carbonyl (C=O) groups excluding carboxylic acids is 2. The van der Waals surface area contributed by atoms with Crippen LogP contribution in [0.1, 0.15) is 51.4 Å². The van der Waals surface area contributed by atoms with Crippen molar-refractivity contribution in [2.24, 2.45) is 0 Å². The van der Waals surface area contributed by atoms with Crippen LogP contribution in [0.4, 0.5) is 10.1 Å². The van der Waals surface area contributed by atoms with Crippen LogP contribution in [0.5, 0.6) is 0 Å². The normalized spacial score (nSPS) is 23.6. The maximum atomic E-state index is 14.4. The van der Waals surface area contributed by atoms with Gasteiger partial charge in [0.2, 0.25) is 5.91 Å². The van der Waals surface area contributed by atoms with Gasteiger partial charge in [0.1, 0.15) is 5.82 Å². The topological polar surface area (TPSA) is 67.9 Å². The van der Waals surface area contributed by atoms with Crippen LogP contribution in [0, 0.1) is 5.82 Å². The molecule has 2 amide bonds. The number of hydrogen-bond donors (Lipinski definition) is 1. The van der Waals surface area contributed by atoms with E-state index in [1.807, 2.05) is 27.7 Å². The van der Waals surface area contributed by atoms with Gasteiger partial charge in [-0.05, 0) is 46.2 Å². The highest BCUT2D eigenvalue weighted by molar-refractivity contribution is 6.47. The fourth-order valence-corrected chi connectivity index (χ4v) is 3.47. The van der Waals surface area contributed by atoms with E-state index in [2.05, 4.69) is 5.32 Å². The van der Waals surface area contributed by atoms with Gasteiger partial charge >= 0.3 is 7.12 Å². The van der Waals surface area contributed by atoms with Gasteiger partial charge in [-0.1, -0.05) is 6.07 Å². The second kappa shape index (κ2) is 6.91. The second-order valence-electron chi connectivity index (χ2n) is 8.27. The predicted octanol–water partition coefficient (Wildman–Crippen LogP) is 3.09. The highest BCUT2D eigenvalue weighted by atomic mass is 19.1. The maximum Gasteiger partial charge on any atom is 0.463 e. The van der Waals surface area contributed by atoms with Crippen LogP contribution in [0.3, 0.4) is 0 Å². The number of rotatable bonds is 3. The first-order valence-corrected chi connectivity index (χ1v) is 9.23. The van der Waals surface area contributed by atoms with Gasteiger partial charge in [-0.2, -0.15) is 0 Å². The number of benzene rings is 1. The van der Waals surface area contributed by atoms with E-state index in [9.17, 15) is 14.0 Å². The molecule has 1 unspecified atom stereocenters. The van der Waals surface area contributed by atoms with Gasteiger partial charge in [0.05, 0.1) is 22.5 Å². The number of likely N-dealkylation sites (tertiary alicyclic amines) is 1. The van der Waals surface area contributed by atoms with Crippen LogP contribution in [-0.4, -0.2) is 48.1 Å². The Morgan fingerprint density at radius 2 is 1.85 bits per heavy atom. The maximum absolute atomic E-state index is 14.4. The highest BCUT2D eigenvalue weighted by Gasteiger charge is 2.54. The number of anilines is 1. The minimum Gasteiger partial charge on any atom is -0.403 e. The van der Waals surface area contributed by atoms with E-state index in [4.69, 9.17) is 9.31 Å². The van der Waals surface area contributed by atoms with Crippen molar-refractivity contribution < 1.29 is 23.3 Å². The Morgan fingerprint density at radius 3 is 2.44 bits per heavy atom. The lowest BCUT2D eigenvalue weighted by Crippen LogP contribution is -2.41. The zero-order valence-electron chi connectivity index (χ0n) is 16.5. The molecule has 1 aromatic carbocycles. The molecular formula is C19H26BFN2O4. The first-order valence-electron chi connectivity index (χ1n) is 9.23. The largest absolute Gasteiger partial charge is 0.463 e. The SMILES string of the molecule is CC(=O)Nc1cccc(F)c1C(=O)N1CCC(B2OC(C)(C)C(C)(C)O2)C1. The lowest BCUT2D eigenvalue weighted by Gasteiger charge is -2.32. The third-order valence-corrected chi connectivity index (χ3v) is 5.71. The van der Waals surface area contributed by atoms with Crippen LogP contribution in [-0.2, 0) is 14.1 Å². The zero-order chi connectivity index (χ0) is 20.0. The Balaban J connectivity index is 1.75. The molecule has 2 aliphatic heterocycles. The van der Waals surface area contributed by atoms with E-state index >= 15 is 0 Å². The van der Waals surface area contributed by atoms with E-state index in [-0.39, 0.29) is 23.0 Å². The van der Waals surface area contributed by atoms with Crippen molar-refractivity contribution in [3.8, 4) is 0 Å². The molecule has 0 saturated carbocycles. The minimum absolute atomic E-state index is 0.0194. The van der Waals surface area contributed by atoms with Crippen molar-refractivity contribution in [3.63, 3.8) is 0 Å².